The molecule has 2 rings (SSSR count). The second-order valence-corrected chi connectivity index (χ2v) is 5.75. The highest BCUT2D eigenvalue weighted by Crippen LogP contribution is 2.27. The molecule has 0 spiro atoms. The van der Waals surface area contributed by atoms with E-state index in [1.807, 2.05) is 6.07 Å². The Morgan fingerprint density at radius 3 is 2.29 bits per heavy atom. The Balaban J connectivity index is 2.15. The number of methoxy groups -OCH3 is 2. The number of carbonyl (C=O) groups excluding carboxylic acids is 1. The Labute approximate surface area is 126 Å². The van der Waals surface area contributed by atoms with Crippen molar-refractivity contribution in [1.29, 1.82) is 0 Å². The molecule has 0 bridgehead atoms. The Morgan fingerprint density at radius 2 is 1.67 bits per heavy atom. The number of ether oxygens (including phenoxy) is 2. The van der Waals surface area contributed by atoms with E-state index in [1.165, 1.54) is 14.2 Å². The van der Waals surface area contributed by atoms with Gasteiger partial charge in [-0.3, -0.25) is 9.00 Å². The second kappa shape index (κ2) is 7.04. The van der Waals surface area contributed by atoms with Crippen molar-refractivity contribution in [3.63, 3.8) is 0 Å². The summed E-state index contributed by atoms with van der Waals surface area (Å²) in [6, 6.07) is 13.8. The van der Waals surface area contributed by atoms with E-state index >= 15 is 0 Å². The van der Waals surface area contributed by atoms with E-state index in [0.717, 1.165) is 0 Å². The molecule has 0 heterocycles. The fraction of sp³-hybridized carbons (Fsp3) is 0.188. The standard InChI is InChI=1S/C16H16O4S/c1-19-15-9-8-12(10-16(15)20-2)14(17)11-21(18)13-6-4-3-5-7-13/h3-10H,11H2,1-2H3/t21-/m1/s1. The van der Waals surface area contributed by atoms with E-state index in [0.29, 0.717) is 22.0 Å². The molecule has 2 aromatic rings. The molecule has 110 valence electrons. The van der Waals surface area contributed by atoms with E-state index in [2.05, 4.69) is 0 Å². The highest BCUT2D eigenvalue weighted by atomic mass is 32.2. The minimum Gasteiger partial charge on any atom is -0.493 e. The lowest BCUT2D eigenvalue weighted by molar-refractivity contribution is 0.102. The SMILES string of the molecule is COc1ccc(C(=O)C[S@@](=O)c2ccccc2)cc1OC. The molecule has 0 aliphatic rings. The van der Waals surface area contributed by atoms with Crippen LogP contribution in [-0.4, -0.2) is 30.0 Å². The van der Waals surface area contributed by atoms with Crippen molar-refractivity contribution >= 4 is 16.6 Å². The summed E-state index contributed by atoms with van der Waals surface area (Å²) in [6.45, 7) is 0. The van der Waals surface area contributed by atoms with Crippen LogP contribution in [0.2, 0.25) is 0 Å². The summed E-state index contributed by atoms with van der Waals surface area (Å²) < 4.78 is 22.4. The second-order valence-electron chi connectivity index (χ2n) is 4.30. The topological polar surface area (TPSA) is 52.6 Å². The van der Waals surface area contributed by atoms with E-state index in [4.69, 9.17) is 9.47 Å². The van der Waals surface area contributed by atoms with Crippen LogP contribution in [-0.2, 0) is 10.8 Å². The summed E-state index contributed by atoms with van der Waals surface area (Å²) in [6.07, 6.45) is 0. The van der Waals surface area contributed by atoms with Gasteiger partial charge in [0.15, 0.2) is 17.3 Å². The predicted molar refractivity (Wildman–Crippen MR) is 81.6 cm³/mol. The van der Waals surface area contributed by atoms with Crippen molar-refractivity contribution in [3.8, 4) is 11.5 Å². The average molecular weight is 304 g/mol. The van der Waals surface area contributed by atoms with Crippen LogP contribution in [0.15, 0.2) is 53.4 Å². The fourth-order valence-corrected chi connectivity index (χ4v) is 2.90. The molecule has 5 heteroatoms. The Morgan fingerprint density at radius 1 is 1.00 bits per heavy atom. The van der Waals surface area contributed by atoms with Crippen LogP contribution >= 0.6 is 0 Å². The van der Waals surface area contributed by atoms with Gasteiger partial charge in [0, 0.05) is 10.5 Å². The maximum Gasteiger partial charge on any atom is 0.175 e. The maximum atomic E-state index is 12.2. The largest absolute Gasteiger partial charge is 0.493 e. The van der Waals surface area contributed by atoms with Gasteiger partial charge in [-0.15, -0.1) is 0 Å². The zero-order valence-electron chi connectivity index (χ0n) is 11.9. The van der Waals surface area contributed by atoms with Gasteiger partial charge in [0.1, 0.15) is 0 Å². The third kappa shape index (κ3) is 3.70. The van der Waals surface area contributed by atoms with Gasteiger partial charge in [-0.05, 0) is 30.3 Å². The highest BCUT2D eigenvalue weighted by molar-refractivity contribution is 7.85. The highest BCUT2D eigenvalue weighted by Gasteiger charge is 2.14. The van der Waals surface area contributed by atoms with Crippen LogP contribution in [0.5, 0.6) is 11.5 Å². The Bertz CT molecular complexity index is 653. The molecule has 0 saturated carbocycles. The summed E-state index contributed by atoms with van der Waals surface area (Å²) in [5.74, 6) is 0.782. The zero-order chi connectivity index (χ0) is 15.2. The van der Waals surface area contributed by atoms with Crippen molar-refractivity contribution in [2.24, 2.45) is 0 Å². The van der Waals surface area contributed by atoms with Crippen LogP contribution in [0.4, 0.5) is 0 Å². The molecule has 0 radical (unpaired) electrons. The molecule has 0 fully saturated rings. The lowest BCUT2D eigenvalue weighted by Crippen LogP contribution is -2.11. The number of Topliss-reactive ketones (excluding diaryl/α,β-unsaturated/α-hetero) is 1. The first-order valence-corrected chi connectivity index (χ1v) is 7.66. The molecule has 0 aliphatic heterocycles. The first-order valence-electron chi connectivity index (χ1n) is 6.34. The van der Waals surface area contributed by atoms with Crippen LogP contribution in [0.25, 0.3) is 0 Å². The number of rotatable bonds is 6. The quantitative estimate of drug-likeness (QED) is 0.770. The van der Waals surface area contributed by atoms with Gasteiger partial charge in [-0.1, -0.05) is 18.2 Å². The van der Waals surface area contributed by atoms with Gasteiger partial charge in [-0.25, -0.2) is 0 Å². The summed E-state index contributed by atoms with van der Waals surface area (Å²) in [5.41, 5.74) is 0.455. The minimum absolute atomic E-state index is 0.0561. The van der Waals surface area contributed by atoms with Crippen molar-refractivity contribution in [2.45, 2.75) is 4.90 Å². The van der Waals surface area contributed by atoms with Crippen LogP contribution in [0.3, 0.4) is 0 Å². The molecular formula is C16H16O4S. The van der Waals surface area contributed by atoms with Crippen molar-refractivity contribution < 1.29 is 18.5 Å². The Hall–Kier alpha value is -2.14. The molecule has 1 atom stereocenters. The number of benzene rings is 2. The third-order valence-corrected chi connectivity index (χ3v) is 4.30. The van der Waals surface area contributed by atoms with Gasteiger partial charge in [0.25, 0.3) is 0 Å². The van der Waals surface area contributed by atoms with E-state index in [-0.39, 0.29) is 11.5 Å². The molecule has 2 aromatic carbocycles. The van der Waals surface area contributed by atoms with E-state index < -0.39 is 10.8 Å². The summed E-state index contributed by atoms with van der Waals surface area (Å²) in [4.78, 5) is 12.9. The van der Waals surface area contributed by atoms with Crippen molar-refractivity contribution in [2.75, 3.05) is 20.0 Å². The van der Waals surface area contributed by atoms with Crippen LogP contribution < -0.4 is 9.47 Å². The summed E-state index contributed by atoms with van der Waals surface area (Å²) >= 11 is 0. The predicted octanol–water partition coefficient (Wildman–Crippen LogP) is 2.69. The maximum absolute atomic E-state index is 12.2. The molecule has 21 heavy (non-hydrogen) atoms. The van der Waals surface area contributed by atoms with Gasteiger partial charge in [-0.2, -0.15) is 0 Å². The molecule has 0 unspecified atom stereocenters. The van der Waals surface area contributed by atoms with Gasteiger partial charge < -0.3 is 9.47 Å². The van der Waals surface area contributed by atoms with Gasteiger partial charge in [0.05, 0.1) is 30.8 Å². The lowest BCUT2D eigenvalue weighted by Gasteiger charge is -2.09. The zero-order valence-corrected chi connectivity index (χ0v) is 12.7. The van der Waals surface area contributed by atoms with Crippen molar-refractivity contribution in [1.82, 2.24) is 0 Å². The first kappa shape index (κ1) is 15.3. The monoisotopic (exact) mass is 304 g/mol. The van der Waals surface area contributed by atoms with Crippen LogP contribution in [0.1, 0.15) is 10.4 Å². The van der Waals surface area contributed by atoms with Gasteiger partial charge >= 0.3 is 0 Å². The summed E-state index contributed by atoms with van der Waals surface area (Å²) in [7, 11) is 1.69. The summed E-state index contributed by atoms with van der Waals surface area (Å²) in [5, 5.41) is 0. The lowest BCUT2D eigenvalue weighted by atomic mass is 10.1. The fourth-order valence-electron chi connectivity index (χ4n) is 1.87. The Kier molecular flexibility index (Phi) is 5.11. The minimum atomic E-state index is -1.35. The number of carbonyl (C=O) groups is 1. The molecule has 0 aromatic heterocycles. The molecule has 0 N–H and O–H groups in total. The molecule has 0 amide bonds. The smallest absolute Gasteiger partial charge is 0.175 e. The number of hydrogen-bond donors (Lipinski definition) is 0. The normalized spacial score (nSPS) is 11.7. The van der Waals surface area contributed by atoms with Gasteiger partial charge in [0.2, 0.25) is 0 Å². The molecule has 0 aliphatic carbocycles. The average Bonchev–Trinajstić information content (AvgIpc) is 2.54. The van der Waals surface area contributed by atoms with Crippen molar-refractivity contribution in [3.05, 3.63) is 54.1 Å². The van der Waals surface area contributed by atoms with Crippen LogP contribution in [0, 0.1) is 0 Å². The number of ketones is 1. The molecular weight excluding hydrogens is 288 g/mol. The molecule has 0 saturated heterocycles. The van der Waals surface area contributed by atoms with E-state index in [9.17, 15) is 9.00 Å². The number of hydrogen-bond acceptors (Lipinski definition) is 4. The van der Waals surface area contributed by atoms with E-state index in [1.54, 1.807) is 42.5 Å². The third-order valence-electron chi connectivity index (χ3n) is 2.97. The molecule has 4 nitrogen and oxygen atoms in total. The first-order chi connectivity index (χ1) is 10.2.